The Morgan fingerprint density at radius 3 is 2.48 bits per heavy atom. The lowest BCUT2D eigenvalue weighted by Crippen LogP contribution is -2.45. The molecule has 1 aliphatic rings. The van der Waals surface area contributed by atoms with Gasteiger partial charge in [0.25, 0.3) is 5.69 Å². The second-order valence-corrected chi connectivity index (χ2v) is 6.83. The largest absolute Gasteiger partial charge is 0.351 e. The number of carbonyl (C=O) groups is 1. The predicted molar refractivity (Wildman–Crippen MR) is 108 cm³/mol. The molecule has 138 valence electrons. The van der Waals surface area contributed by atoms with Crippen LogP contribution in [-0.2, 0) is 0 Å². The molecule has 7 heteroatoms. The minimum Gasteiger partial charge on any atom is -0.351 e. The molecule has 0 amide bonds. The number of thiocarbonyl (C=S) groups is 1. The summed E-state index contributed by atoms with van der Waals surface area (Å²) in [5.74, 6) is -0.136. The zero-order valence-electron chi connectivity index (χ0n) is 15.2. The number of nitrogens with one attached hydrogen (secondary N) is 1. The van der Waals surface area contributed by atoms with Gasteiger partial charge in [-0.05, 0) is 31.6 Å². The number of nitrogens with zero attached hydrogens (tertiary/aromatic N) is 2. The normalized spacial score (nSPS) is 16.9. The molecule has 0 fully saturated rings. The zero-order chi connectivity index (χ0) is 19.7. The standard InChI is InChI=1S/C20H19N3O3S/c1-12-9-10-15(11-16(12)23(25)26)18-17(13(2)22(3)20(27)21-18)19(24)14-7-5-4-6-8-14/h4-11,18H,1-3H3,(H,21,27). The van der Waals surface area contributed by atoms with E-state index in [9.17, 15) is 14.9 Å². The molecule has 2 aromatic carbocycles. The van der Waals surface area contributed by atoms with Crippen molar-refractivity contribution in [2.45, 2.75) is 19.9 Å². The SMILES string of the molecule is CC1=C(C(=O)c2ccccc2)C(c2ccc(C)c([N+](=O)[O-])c2)NC(=S)N1C. The van der Waals surface area contributed by atoms with Gasteiger partial charge in [0.15, 0.2) is 10.9 Å². The molecule has 1 N–H and O–H groups in total. The first-order valence-electron chi connectivity index (χ1n) is 8.41. The van der Waals surface area contributed by atoms with Gasteiger partial charge in [-0.3, -0.25) is 14.9 Å². The molecular formula is C20H19N3O3S. The zero-order valence-corrected chi connectivity index (χ0v) is 16.0. The molecule has 1 unspecified atom stereocenters. The van der Waals surface area contributed by atoms with E-state index in [0.717, 1.165) is 5.70 Å². The first-order valence-corrected chi connectivity index (χ1v) is 8.81. The molecule has 0 radical (unpaired) electrons. The highest BCUT2D eigenvalue weighted by molar-refractivity contribution is 7.80. The van der Waals surface area contributed by atoms with E-state index in [1.807, 2.05) is 13.0 Å². The van der Waals surface area contributed by atoms with E-state index in [4.69, 9.17) is 12.2 Å². The number of carbonyl (C=O) groups excluding carboxylic acids is 1. The Bertz CT molecular complexity index is 970. The topological polar surface area (TPSA) is 75.5 Å². The van der Waals surface area contributed by atoms with Crippen molar-refractivity contribution in [2.75, 3.05) is 7.05 Å². The van der Waals surface area contributed by atoms with Gasteiger partial charge in [0.2, 0.25) is 0 Å². The van der Waals surface area contributed by atoms with Crippen LogP contribution in [0.4, 0.5) is 5.69 Å². The molecular weight excluding hydrogens is 362 g/mol. The number of rotatable bonds is 4. The van der Waals surface area contributed by atoms with Crippen molar-refractivity contribution in [2.24, 2.45) is 0 Å². The van der Waals surface area contributed by atoms with Gasteiger partial charge in [-0.25, -0.2) is 0 Å². The summed E-state index contributed by atoms with van der Waals surface area (Å²) >= 11 is 5.38. The van der Waals surface area contributed by atoms with Crippen LogP contribution < -0.4 is 5.32 Å². The average molecular weight is 381 g/mol. The maximum absolute atomic E-state index is 13.2. The molecule has 6 nitrogen and oxygen atoms in total. The molecule has 0 aliphatic carbocycles. The third-order valence-electron chi connectivity index (χ3n) is 4.80. The number of Topliss-reactive ketones (excluding diaryl/α,β-unsaturated/α-hetero) is 1. The van der Waals surface area contributed by atoms with Crippen LogP contribution in [-0.4, -0.2) is 27.8 Å². The number of hydrogen-bond acceptors (Lipinski definition) is 4. The van der Waals surface area contributed by atoms with Crippen molar-refractivity contribution in [1.82, 2.24) is 10.2 Å². The number of hydrogen-bond donors (Lipinski definition) is 1. The maximum Gasteiger partial charge on any atom is 0.272 e. The van der Waals surface area contributed by atoms with Crippen molar-refractivity contribution in [3.63, 3.8) is 0 Å². The van der Waals surface area contributed by atoms with Gasteiger partial charge < -0.3 is 10.2 Å². The molecule has 0 aromatic heterocycles. The summed E-state index contributed by atoms with van der Waals surface area (Å²) < 4.78 is 0. The lowest BCUT2D eigenvalue weighted by atomic mass is 9.88. The van der Waals surface area contributed by atoms with E-state index in [1.165, 1.54) is 6.07 Å². The summed E-state index contributed by atoms with van der Waals surface area (Å²) in [6.45, 7) is 3.52. The Morgan fingerprint density at radius 2 is 1.85 bits per heavy atom. The fourth-order valence-electron chi connectivity index (χ4n) is 3.13. The number of nitro groups is 1. The number of aryl methyl sites for hydroxylation is 1. The number of ketones is 1. The summed E-state index contributed by atoms with van der Waals surface area (Å²) in [6.07, 6.45) is 0. The third-order valence-corrected chi connectivity index (χ3v) is 5.19. The quantitative estimate of drug-likeness (QED) is 0.374. The van der Waals surface area contributed by atoms with E-state index in [2.05, 4.69) is 5.32 Å². The fraction of sp³-hybridized carbons (Fsp3) is 0.200. The van der Waals surface area contributed by atoms with Crippen LogP contribution >= 0.6 is 12.2 Å². The molecule has 0 spiro atoms. The molecule has 1 heterocycles. The van der Waals surface area contributed by atoms with Crippen LogP contribution in [0, 0.1) is 17.0 Å². The van der Waals surface area contributed by atoms with Gasteiger partial charge in [-0.1, -0.05) is 42.5 Å². The van der Waals surface area contributed by atoms with Crippen LogP contribution in [0.5, 0.6) is 0 Å². The van der Waals surface area contributed by atoms with Crippen LogP contribution in [0.25, 0.3) is 0 Å². The second kappa shape index (κ2) is 7.28. The molecule has 1 aliphatic heterocycles. The van der Waals surface area contributed by atoms with Gasteiger partial charge in [0.05, 0.1) is 11.0 Å². The minimum absolute atomic E-state index is 0.0170. The predicted octanol–water partition coefficient (Wildman–Crippen LogP) is 3.92. The van der Waals surface area contributed by atoms with Gasteiger partial charge in [-0.2, -0.15) is 0 Å². The Kier molecular flexibility index (Phi) is 5.05. The first-order chi connectivity index (χ1) is 12.8. The highest BCUT2D eigenvalue weighted by Gasteiger charge is 2.33. The lowest BCUT2D eigenvalue weighted by molar-refractivity contribution is -0.385. The summed E-state index contributed by atoms with van der Waals surface area (Å²) in [5, 5.41) is 15.0. The van der Waals surface area contributed by atoms with E-state index < -0.39 is 11.0 Å². The summed E-state index contributed by atoms with van der Waals surface area (Å²) in [7, 11) is 1.79. The van der Waals surface area contributed by atoms with Crippen LogP contribution in [0.3, 0.4) is 0 Å². The maximum atomic E-state index is 13.2. The molecule has 2 aromatic rings. The van der Waals surface area contributed by atoms with Crippen LogP contribution in [0.1, 0.15) is 34.5 Å². The van der Waals surface area contributed by atoms with E-state index >= 15 is 0 Å². The number of nitro benzene ring substituents is 1. The first kappa shape index (κ1) is 18.7. The average Bonchev–Trinajstić information content (AvgIpc) is 2.66. The molecule has 3 rings (SSSR count). The smallest absolute Gasteiger partial charge is 0.272 e. The Morgan fingerprint density at radius 1 is 1.19 bits per heavy atom. The molecule has 0 saturated heterocycles. The van der Waals surface area contributed by atoms with E-state index in [-0.39, 0.29) is 11.5 Å². The Balaban J connectivity index is 2.15. The van der Waals surface area contributed by atoms with Crippen molar-refractivity contribution < 1.29 is 9.72 Å². The third kappa shape index (κ3) is 3.46. The molecule has 0 saturated carbocycles. The van der Waals surface area contributed by atoms with Gasteiger partial charge in [-0.15, -0.1) is 0 Å². The monoisotopic (exact) mass is 381 g/mol. The Hall–Kier alpha value is -3.06. The molecule has 27 heavy (non-hydrogen) atoms. The summed E-state index contributed by atoms with van der Waals surface area (Å²) in [5.41, 5.74) is 3.01. The minimum atomic E-state index is -0.555. The van der Waals surface area contributed by atoms with Crippen molar-refractivity contribution >= 4 is 28.8 Å². The highest BCUT2D eigenvalue weighted by Crippen LogP contribution is 2.34. The number of allylic oxidation sites excluding steroid dienone is 1. The second-order valence-electron chi connectivity index (χ2n) is 6.44. The molecule has 0 bridgehead atoms. The Labute approximate surface area is 162 Å². The van der Waals surface area contributed by atoms with Crippen LogP contribution in [0.2, 0.25) is 0 Å². The summed E-state index contributed by atoms with van der Waals surface area (Å²) in [4.78, 5) is 25.9. The highest BCUT2D eigenvalue weighted by atomic mass is 32.1. The van der Waals surface area contributed by atoms with Crippen molar-refractivity contribution in [3.8, 4) is 0 Å². The van der Waals surface area contributed by atoms with Crippen molar-refractivity contribution in [3.05, 3.63) is 86.6 Å². The van der Waals surface area contributed by atoms with Gasteiger partial charge in [0.1, 0.15) is 0 Å². The van der Waals surface area contributed by atoms with Gasteiger partial charge >= 0.3 is 0 Å². The fourth-order valence-corrected chi connectivity index (χ4v) is 3.38. The summed E-state index contributed by atoms with van der Waals surface area (Å²) in [6, 6.07) is 13.4. The van der Waals surface area contributed by atoms with E-state index in [0.29, 0.717) is 27.4 Å². The number of benzene rings is 2. The van der Waals surface area contributed by atoms with E-state index in [1.54, 1.807) is 55.3 Å². The van der Waals surface area contributed by atoms with Crippen LogP contribution in [0.15, 0.2) is 59.8 Å². The van der Waals surface area contributed by atoms with Gasteiger partial charge in [0, 0.05) is 35.5 Å². The molecule has 1 atom stereocenters. The lowest BCUT2D eigenvalue weighted by Gasteiger charge is -2.35. The van der Waals surface area contributed by atoms with Crippen molar-refractivity contribution in [1.29, 1.82) is 0 Å².